The van der Waals surface area contributed by atoms with Crippen molar-refractivity contribution in [1.82, 2.24) is 0 Å². The molecule has 6 nitrogen and oxygen atoms in total. The summed E-state index contributed by atoms with van der Waals surface area (Å²) in [5.41, 5.74) is 9.05. The molecule has 0 spiro atoms. The van der Waals surface area contributed by atoms with Crippen LogP contribution in [0.4, 0.5) is 0 Å². The molecule has 1 aromatic carbocycles. The molecule has 0 unspecified atom stereocenters. The molecule has 16 heavy (non-hydrogen) atoms. The fourth-order valence-electron chi connectivity index (χ4n) is 1.34. The van der Waals surface area contributed by atoms with E-state index in [0.717, 1.165) is 5.56 Å². The zero-order valence-electron chi connectivity index (χ0n) is 9.43. The van der Waals surface area contributed by atoms with Gasteiger partial charge in [0.15, 0.2) is 11.5 Å². The van der Waals surface area contributed by atoms with E-state index in [-0.39, 0.29) is 6.54 Å². The number of nitrogens with zero attached hydrogens (tertiary/aromatic N) is 3. The van der Waals surface area contributed by atoms with E-state index in [1.807, 2.05) is 0 Å². The quantitative estimate of drug-likeness (QED) is 0.437. The van der Waals surface area contributed by atoms with Gasteiger partial charge in [0.2, 0.25) is 5.75 Å². The van der Waals surface area contributed by atoms with Crippen LogP contribution in [0.3, 0.4) is 0 Å². The van der Waals surface area contributed by atoms with Crippen LogP contribution in [-0.2, 0) is 6.54 Å². The minimum atomic E-state index is 0.243. The monoisotopic (exact) mass is 223 g/mol. The Kier molecular flexibility index (Phi) is 4.29. The number of hydrogen-bond acceptors (Lipinski definition) is 4. The van der Waals surface area contributed by atoms with Gasteiger partial charge in [-0.25, -0.2) is 0 Å². The number of azide groups is 1. The minimum Gasteiger partial charge on any atom is -0.493 e. The lowest BCUT2D eigenvalue weighted by Gasteiger charge is -2.13. The number of methoxy groups -OCH3 is 3. The predicted octanol–water partition coefficient (Wildman–Crippen LogP) is 2.52. The third-order valence-electron chi connectivity index (χ3n) is 2.04. The summed E-state index contributed by atoms with van der Waals surface area (Å²) in [5, 5.41) is 3.48. The van der Waals surface area contributed by atoms with Crippen molar-refractivity contribution in [3.63, 3.8) is 0 Å². The van der Waals surface area contributed by atoms with Crippen molar-refractivity contribution < 1.29 is 14.2 Å². The fourth-order valence-corrected chi connectivity index (χ4v) is 1.34. The average molecular weight is 223 g/mol. The molecule has 0 bridgehead atoms. The zero-order chi connectivity index (χ0) is 12.0. The molecule has 0 N–H and O–H groups in total. The Morgan fingerprint density at radius 3 is 2.06 bits per heavy atom. The van der Waals surface area contributed by atoms with Crippen molar-refractivity contribution in [3.8, 4) is 17.2 Å². The first kappa shape index (κ1) is 12.0. The summed E-state index contributed by atoms with van der Waals surface area (Å²) in [4.78, 5) is 2.70. The van der Waals surface area contributed by atoms with Gasteiger partial charge in [0.1, 0.15) is 0 Å². The largest absolute Gasteiger partial charge is 0.493 e. The normalized spacial score (nSPS) is 9.19. The van der Waals surface area contributed by atoms with Crippen molar-refractivity contribution in [1.29, 1.82) is 0 Å². The van der Waals surface area contributed by atoms with Gasteiger partial charge in [-0.2, -0.15) is 0 Å². The maximum Gasteiger partial charge on any atom is 0.203 e. The standard InChI is InChI=1S/C10H13N3O3/c1-14-8-4-7(6-12-13-11)5-9(15-2)10(8)16-3/h4-5H,6H2,1-3H3. The van der Waals surface area contributed by atoms with E-state index in [0.29, 0.717) is 17.2 Å². The van der Waals surface area contributed by atoms with Crippen LogP contribution in [0, 0.1) is 0 Å². The molecule has 0 aliphatic carbocycles. The van der Waals surface area contributed by atoms with Crippen LogP contribution in [0.2, 0.25) is 0 Å². The summed E-state index contributed by atoms with van der Waals surface area (Å²) >= 11 is 0. The summed E-state index contributed by atoms with van der Waals surface area (Å²) in [7, 11) is 4.61. The number of ether oxygens (including phenoxy) is 3. The first-order valence-corrected chi connectivity index (χ1v) is 4.56. The van der Waals surface area contributed by atoms with Crippen molar-refractivity contribution in [3.05, 3.63) is 28.1 Å². The molecule has 0 aromatic heterocycles. The smallest absolute Gasteiger partial charge is 0.203 e. The van der Waals surface area contributed by atoms with E-state index in [1.165, 1.54) is 21.3 Å². The molecule has 0 atom stereocenters. The number of rotatable bonds is 5. The van der Waals surface area contributed by atoms with E-state index in [1.54, 1.807) is 12.1 Å². The molecule has 1 rings (SSSR count). The highest BCUT2D eigenvalue weighted by Gasteiger charge is 2.12. The van der Waals surface area contributed by atoms with E-state index in [2.05, 4.69) is 10.0 Å². The van der Waals surface area contributed by atoms with Gasteiger partial charge in [-0.1, -0.05) is 5.11 Å². The van der Waals surface area contributed by atoms with Gasteiger partial charge in [0.05, 0.1) is 27.9 Å². The van der Waals surface area contributed by atoms with Crippen LogP contribution in [0.15, 0.2) is 17.2 Å². The molecule has 0 saturated heterocycles. The molecule has 0 fully saturated rings. The lowest BCUT2D eigenvalue weighted by atomic mass is 10.2. The topological polar surface area (TPSA) is 76.5 Å². The minimum absolute atomic E-state index is 0.243. The van der Waals surface area contributed by atoms with Crippen molar-refractivity contribution >= 4 is 0 Å². The Labute approximate surface area is 93.4 Å². The highest BCUT2D eigenvalue weighted by atomic mass is 16.5. The molecular formula is C10H13N3O3. The van der Waals surface area contributed by atoms with Crippen LogP contribution in [0.1, 0.15) is 5.56 Å². The van der Waals surface area contributed by atoms with Gasteiger partial charge < -0.3 is 14.2 Å². The lowest BCUT2D eigenvalue weighted by molar-refractivity contribution is 0.324. The van der Waals surface area contributed by atoms with Crippen LogP contribution < -0.4 is 14.2 Å². The lowest BCUT2D eigenvalue weighted by Crippen LogP contribution is -1.96. The molecule has 1 aromatic rings. The van der Waals surface area contributed by atoms with Gasteiger partial charge in [0.25, 0.3) is 0 Å². The second kappa shape index (κ2) is 5.72. The Morgan fingerprint density at radius 2 is 1.69 bits per heavy atom. The molecular weight excluding hydrogens is 210 g/mol. The van der Waals surface area contributed by atoms with Gasteiger partial charge in [-0.3, -0.25) is 0 Å². The maximum atomic E-state index is 8.25. The van der Waals surface area contributed by atoms with Crippen LogP contribution in [0.25, 0.3) is 10.4 Å². The molecule has 0 saturated carbocycles. The summed E-state index contributed by atoms with van der Waals surface area (Å²) in [5.74, 6) is 1.62. The predicted molar refractivity (Wildman–Crippen MR) is 58.9 cm³/mol. The Balaban J connectivity index is 3.19. The first-order chi connectivity index (χ1) is 7.76. The van der Waals surface area contributed by atoms with Gasteiger partial charge in [-0.15, -0.1) is 0 Å². The number of benzene rings is 1. The Hall–Kier alpha value is -2.07. The van der Waals surface area contributed by atoms with Crippen LogP contribution in [-0.4, -0.2) is 21.3 Å². The molecule has 0 aliphatic heterocycles. The second-order valence-electron chi connectivity index (χ2n) is 2.92. The van der Waals surface area contributed by atoms with E-state index >= 15 is 0 Å². The highest BCUT2D eigenvalue weighted by Crippen LogP contribution is 2.38. The summed E-state index contributed by atoms with van der Waals surface area (Å²) in [6, 6.07) is 3.49. The number of hydrogen-bond donors (Lipinski definition) is 0. The maximum absolute atomic E-state index is 8.25. The van der Waals surface area contributed by atoms with Crippen LogP contribution >= 0.6 is 0 Å². The molecule has 86 valence electrons. The van der Waals surface area contributed by atoms with Gasteiger partial charge >= 0.3 is 0 Å². The third kappa shape index (κ3) is 2.49. The van der Waals surface area contributed by atoms with Crippen molar-refractivity contribution in [2.45, 2.75) is 6.54 Å². The summed E-state index contributed by atoms with van der Waals surface area (Å²) < 4.78 is 15.5. The van der Waals surface area contributed by atoms with Crippen LogP contribution in [0.5, 0.6) is 17.2 Å². The van der Waals surface area contributed by atoms with E-state index in [9.17, 15) is 0 Å². The fraction of sp³-hybridized carbons (Fsp3) is 0.400. The van der Waals surface area contributed by atoms with E-state index < -0.39 is 0 Å². The SMILES string of the molecule is COc1cc(CN=[N+]=[N-])cc(OC)c1OC. The zero-order valence-corrected chi connectivity index (χ0v) is 9.43. The molecule has 0 radical (unpaired) electrons. The Bertz CT molecular complexity index is 389. The van der Waals surface area contributed by atoms with E-state index in [4.69, 9.17) is 19.7 Å². The summed E-state index contributed by atoms with van der Waals surface area (Å²) in [6.07, 6.45) is 0. The van der Waals surface area contributed by atoms with Crippen molar-refractivity contribution in [2.75, 3.05) is 21.3 Å². The summed E-state index contributed by atoms with van der Waals surface area (Å²) in [6.45, 7) is 0.243. The Morgan fingerprint density at radius 1 is 1.12 bits per heavy atom. The second-order valence-corrected chi connectivity index (χ2v) is 2.92. The first-order valence-electron chi connectivity index (χ1n) is 4.56. The average Bonchev–Trinajstić information content (AvgIpc) is 2.34. The highest BCUT2D eigenvalue weighted by molar-refractivity contribution is 5.53. The van der Waals surface area contributed by atoms with Crippen molar-refractivity contribution in [2.24, 2.45) is 5.11 Å². The van der Waals surface area contributed by atoms with Gasteiger partial charge in [0, 0.05) is 4.91 Å². The molecule has 6 heteroatoms. The molecule has 0 heterocycles. The molecule has 0 amide bonds. The molecule has 0 aliphatic rings. The van der Waals surface area contributed by atoms with Gasteiger partial charge in [-0.05, 0) is 23.2 Å². The third-order valence-corrected chi connectivity index (χ3v) is 2.04.